The second kappa shape index (κ2) is 7.98. The molecule has 1 saturated heterocycles. The van der Waals surface area contributed by atoms with Crippen LogP contribution in [-0.4, -0.2) is 23.8 Å². The summed E-state index contributed by atoms with van der Waals surface area (Å²) in [5.74, 6) is 0.426. The van der Waals surface area contributed by atoms with Gasteiger partial charge < -0.3 is 19.9 Å². The van der Waals surface area contributed by atoms with Crippen molar-refractivity contribution >= 4 is 11.7 Å². The summed E-state index contributed by atoms with van der Waals surface area (Å²) in [6, 6.07) is 12.7. The number of amides is 2. The number of pyridine rings is 1. The van der Waals surface area contributed by atoms with Crippen LogP contribution in [0.25, 0.3) is 0 Å². The van der Waals surface area contributed by atoms with Crippen molar-refractivity contribution in [2.24, 2.45) is 13.0 Å². The molecule has 1 aliphatic rings. The van der Waals surface area contributed by atoms with Gasteiger partial charge in [-0.05, 0) is 36.5 Å². The number of rotatable bonds is 5. The average Bonchev–Trinajstić information content (AvgIpc) is 3.12. The number of urea groups is 1. The molecule has 2 amide bonds. The van der Waals surface area contributed by atoms with Gasteiger partial charge in [-0.15, -0.1) is 0 Å². The number of aromatic nitrogens is 1. The van der Waals surface area contributed by atoms with Gasteiger partial charge in [0.05, 0.1) is 6.04 Å². The zero-order valence-corrected chi connectivity index (χ0v) is 14.3. The Morgan fingerprint density at radius 1 is 1.28 bits per heavy atom. The third-order valence-corrected chi connectivity index (χ3v) is 4.47. The number of benzene rings is 1. The number of aryl methyl sites for hydroxylation is 1. The number of hydrogen-bond acceptors (Lipinski definition) is 3. The quantitative estimate of drug-likeness (QED) is 0.878. The van der Waals surface area contributed by atoms with Crippen LogP contribution in [0.3, 0.4) is 0 Å². The van der Waals surface area contributed by atoms with Crippen LogP contribution in [0, 0.1) is 5.92 Å². The van der Waals surface area contributed by atoms with E-state index in [0.29, 0.717) is 5.92 Å². The Morgan fingerprint density at radius 2 is 2.08 bits per heavy atom. The molecule has 1 aliphatic heterocycles. The molecule has 132 valence electrons. The molecule has 1 aromatic heterocycles. The summed E-state index contributed by atoms with van der Waals surface area (Å²) in [6.07, 6.45) is 3.47. The van der Waals surface area contributed by atoms with Gasteiger partial charge in [-0.3, -0.25) is 4.79 Å². The SMILES string of the molecule is Cn1cccc(NC(=O)NC(CC2CCOC2)c2ccccc2)c1=O. The van der Waals surface area contributed by atoms with Crippen molar-refractivity contribution in [3.8, 4) is 0 Å². The summed E-state index contributed by atoms with van der Waals surface area (Å²) in [5.41, 5.74) is 1.07. The molecule has 2 atom stereocenters. The third-order valence-electron chi connectivity index (χ3n) is 4.47. The third kappa shape index (κ3) is 4.48. The van der Waals surface area contributed by atoms with Crippen LogP contribution in [0.1, 0.15) is 24.4 Å². The number of ether oxygens (including phenoxy) is 1. The van der Waals surface area contributed by atoms with E-state index < -0.39 is 0 Å². The van der Waals surface area contributed by atoms with Gasteiger partial charge in [0.2, 0.25) is 0 Å². The first kappa shape index (κ1) is 17.2. The van der Waals surface area contributed by atoms with Crippen LogP contribution in [0.2, 0.25) is 0 Å². The van der Waals surface area contributed by atoms with Gasteiger partial charge in [0.1, 0.15) is 5.69 Å². The first-order valence-electron chi connectivity index (χ1n) is 8.49. The molecule has 0 bridgehead atoms. The van der Waals surface area contributed by atoms with Crippen LogP contribution in [0.4, 0.5) is 10.5 Å². The Kier molecular flexibility index (Phi) is 5.50. The Labute approximate surface area is 146 Å². The van der Waals surface area contributed by atoms with E-state index in [1.54, 1.807) is 25.4 Å². The first-order chi connectivity index (χ1) is 12.1. The fraction of sp³-hybridized carbons (Fsp3) is 0.368. The molecule has 0 radical (unpaired) electrons. The van der Waals surface area contributed by atoms with E-state index in [1.807, 2.05) is 30.3 Å². The maximum Gasteiger partial charge on any atom is 0.319 e. The maximum absolute atomic E-state index is 12.4. The lowest BCUT2D eigenvalue weighted by atomic mass is 9.94. The van der Waals surface area contributed by atoms with Gasteiger partial charge >= 0.3 is 6.03 Å². The Hall–Kier alpha value is -2.60. The van der Waals surface area contributed by atoms with Crippen molar-refractivity contribution < 1.29 is 9.53 Å². The minimum absolute atomic E-state index is 0.125. The summed E-state index contributed by atoms with van der Waals surface area (Å²) < 4.78 is 6.88. The Morgan fingerprint density at radius 3 is 2.80 bits per heavy atom. The molecule has 2 N–H and O–H groups in total. The van der Waals surface area contributed by atoms with E-state index in [9.17, 15) is 9.59 Å². The molecule has 0 saturated carbocycles. The highest BCUT2D eigenvalue weighted by Gasteiger charge is 2.23. The van der Waals surface area contributed by atoms with Gasteiger partial charge in [-0.1, -0.05) is 30.3 Å². The van der Waals surface area contributed by atoms with Gasteiger partial charge in [-0.25, -0.2) is 4.79 Å². The highest BCUT2D eigenvalue weighted by Crippen LogP contribution is 2.26. The Balaban J connectivity index is 1.71. The van der Waals surface area contributed by atoms with E-state index in [1.165, 1.54) is 4.57 Å². The van der Waals surface area contributed by atoms with E-state index in [4.69, 9.17) is 4.74 Å². The summed E-state index contributed by atoms with van der Waals surface area (Å²) in [7, 11) is 1.65. The summed E-state index contributed by atoms with van der Waals surface area (Å²) in [6.45, 7) is 1.50. The van der Waals surface area contributed by atoms with Crippen molar-refractivity contribution in [2.75, 3.05) is 18.5 Å². The highest BCUT2D eigenvalue weighted by atomic mass is 16.5. The van der Waals surface area contributed by atoms with Crippen molar-refractivity contribution in [3.63, 3.8) is 0 Å². The first-order valence-corrected chi connectivity index (χ1v) is 8.49. The van der Waals surface area contributed by atoms with Crippen molar-refractivity contribution in [1.82, 2.24) is 9.88 Å². The van der Waals surface area contributed by atoms with Gasteiger partial charge in [0, 0.05) is 26.5 Å². The second-order valence-electron chi connectivity index (χ2n) is 6.36. The smallest absolute Gasteiger partial charge is 0.319 e. The zero-order chi connectivity index (χ0) is 17.6. The monoisotopic (exact) mass is 341 g/mol. The molecule has 0 spiro atoms. The standard InChI is InChI=1S/C19H23N3O3/c1-22-10-5-8-16(18(22)23)20-19(24)21-17(12-14-9-11-25-13-14)15-6-3-2-4-7-15/h2-8,10,14,17H,9,11-13H2,1H3,(H2,20,21,24). The molecule has 0 aliphatic carbocycles. The topological polar surface area (TPSA) is 72.4 Å². The predicted octanol–water partition coefficient (Wildman–Crippen LogP) is 2.67. The van der Waals surface area contributed by atoms with Crippen molar-refractivity contribution in [3.05, 3.63) is 64.6 Å². The number of anilines is 1. The molecule has 2 heterocycles. The zero-order valence-electron chi connectivity index (χ0n) is 14.3. The van der Waals surface area contributed by atoms with E-state index in [0.717, 1.165) is 31.6 Å². The largest absolute Gasteiger partial charge is 0.381 e. The molecular formula is C19H23N3O3. The molecule has 25 heavy (non-hydrogen) atoms. The lowest BCUT2D eigenvalue weighted by molar-refractivity contribution is 0.181. The van der Waals surface area contributed by atoms with Crippen LogP contribution < -0.4 is 16.2 Å². The summed E-state index contributed by atoms with van der Waals surface area (Å²) in [4.78, 5) is 24.5. The fourth-order valence-electron chi connectivity index (χ4n) is 3.08. The predicted molar refractivity (Wildman–Crippen MR) is 96.6 cm³/mol. The number of nitrogens with one attached hydrogen (secondary N) is 2. The second-order valence-corrected chi connectivity index (χ2v) is 6.36. The van der Waals surface area contributed by atoms with Crippen LogP contribution in [0.15, 0.2) is 53.5 Å². The molecule has 2 unspecified atom stereocenters. The lowest BCUT2D eigenvalue weighted by Crippen LogP contribution is -2.35. The van der Waals surface area contributed by atoms with Crippen molar-refractivity contribution in [2.45, 2.75) is 18.9 Å². The van der Waals surface area contributed by atoms with E-state index >= 15 is 0 Å². The van der Waals surface area contributed by atoms with Crippen molar-refractivity contribution in [1.29, 1.82) is 0 Å². The average molecular weight is 341 g/mol. The molecule has 1 fully saturated rings. The molecule has 1 aromatic carbocycles. The maximum atomic E-state index is 12.4. The summed E-state index contributed by atoms with van der Waals surface area (Å²) >= 11 is 0. The normalized spacial score (nSPS) is 17.9. The van der Waals surface area contributed by atoms with E-state index in [2.05, 4.69) is 10.6 Å². The van der Waals surface area contributed by atoms with Crippen LogP contribution in [0.5, 0.6) is 0 Å². The molecule has 6 heteroatoms. The number of carbonyl (C=O) groups excluding carboxylic acids is 1. The Bertz CT molecular complexity index is 767. The number of carbonyl (C=O) groups is 1. The minimum atomic E-state index is -0.379. The van der Waals surface area contributed by atoms with Crippen LogP contribution in [-0.2, 0) is 11.8 Å². The molecule has 6 nitrogen and oxygen atoms in total. The molecule has 3 rings (SSSR count). The van der Waals surface area contributed by atoms with E-state index in [-0.39, 0.29) is 23.3 Å². The highest BCUT2D eigenvalue weighted by molar-refractivity contribution is 5.89. The minimum Gasteiger partial charge on any atom is -0.381 e. The van der Waals surface area contributed by atoms with Gasteiger partial charge in [0.15, 0.2) is 0 Å². The number of hydrogen-bond donors (Lipinski definition) is 2. The fourth-order valence-corrected chi connectivity index (χ4v) is 3.08. The molecular weight excluding hydrogens is 318 g/mol. The molecule has 2 aromatic rings. The summed E-state index contributed by atoms with van der Waals surface area (Å²) in [5, 5.41) is 5.66. The van der Waals surface area contributed by atoms with Crippen LogP contribution >= 0.6 is 0 Å². The van der Waals surface area contributed by atoms with Gasteiger partial charge in [0.25, 0.3) is 5.56 Å². The number of nitrogens with zero attached hydrogens (tertiary/aromatic N) is 1. The van der Waals surface area contributed by atoms with Gasteiger partial charge in [-0.2, -0.15) is 0 Å². The lowest BCUT2D eigenvalue weighted by Gasteiger charge is -2.22.